The van der Waals surface area contributed by atoms with E-state index in [4.69, 9.17) is 0 Å². The third kappa shape index (κ3) is 7.76. The van der Waals surface area contributed by atoms with Gasteiger partial charge in [0.15, 0.2) is 5.96 Å². The van der Waals surface area contributed by atoms with Crippen molar-refractivity contribution in [3.8, 4) is 0 Å². The molecular weight excluding hydrogens is 381 g/mol. The van der Waals surface area contributed by atoms with Crippen molar-refractivity contribution in [3.05, 3.63) is 35.4 Å². The largest absolute Gasteiger partial charge is 0.416 e. The predicted octanol–water partition coefficient (Wildman–Crippen LogP) is 2.43. The van der Waals surface area contributed by atoms with Gasteiger partial charge in [0.1, 0.15) is 0 Å². The summed E-state index contributed by atoms with van der Waals surface area (Å²) in [5.74, 6) is 0.257. The Balaban J connectivity index is 2.73. The number of alkyl halides is 3. The van der Waals surface area contributed by atoms with Gasteiger partial charge in [-0.3, -0.25) is 0 Å². The van der Waals surface area contributed by atoms with Gasteiger partial charge in [-0.05, 0) is 24.6 Å². The van der Waals surface area contributed by atoms with Crippen LogP contribution in [-0.2, 0) is 22.7 Å². The Hall–Kier alpha value is -1.81. The lowest BCUT2D eigenvalue weighted by Gasteiger charge is -2.19. The van der Waals surface area contributed by atoms with Crippen LogP contribution >= 0.6 is 0 Å². The molecule has 1 aromatic rings. The van der Waals surface area contributed by atoms with Crippen LogP contribution < -0.4 is 10.6 Å². The molecule has 1 rings (SSSR count). The molecule has 0 fully saturated rings. The van der Waals surface area contributed by atoms with Gasteiger partial charge in [0.25, 0.3) is 0 Å². The van der Waals surface area contributed by atoms with Crippen molar-refractivity contribution in [2.45, 2.75) is 33.5 Å². The molecule has 6 nitrogen and oxygen atoms in total. The van der Waals surface area contributed by atoms with E-state index in [1.165, 1.54) is 10.4 Å². The zero-order valence-corrected chi connectivity index (χ0v) is 16.6. The van der Waals surface area contributed by atoms with Crippen molar-refractivity contribution >= 4 is 16.0 Å². The van der Waals surface area contributed by atoms with Gasteiger partial charge >= 0.3 is 6.18 Å². The Morgan fingerprint density at radius 2 is 1.81 bits per heavy atom. The van der Waals surface area contributed by atoms with Crippen LogP contribution in [0.2, 0.25) is 0 Å². The molecule has 0 aliphatic rings. The molecule has 0 aliphatic carbocycles. The second kappa shape index (κ2) is 10.5. The van der Waals surface area contributed by atoms with Crippen molar-refractivity contribution in [2.75, 3.05) is 31.9 Å². The van der Waals surface area contributed by atoms with E-state index in [9.17, 15) is 21.6 Å². The number of benzene rings is 1. The minimum absolute atomic E-state index is 0.0437. The van der Waals surface area contributed by atoms with Crippen molar-refractivity contribution in [1.82, 2.24) is 14.9 Å². The van der Waals surface area contributed by atoms with Crippen LogP contribution in [0, 0.1) is 0 Å². The fourth-order valence-electron chi connectivity index (χ4n) is 2.40. The van der Waals surface area contributed by atoms with Gasteiger partial charge in [-0.15, -0.1) is 0 Å². The van der Waals surface area contributed by atoms with Crippen LogP contribution in [0.15, 0.2) is 29.3 Å². The average molecular weight is 408 g/mol. The SMILES string of the molecule is CCNC(=NCc1cccc(C(F)(F)F)c1)NCCS(=O)(=O)N(CC)CC. The molecule has 0 aliphatic heterocycles. The van der Waals surface area contributed by atoms with Gasteiger partial charge in [-0.2, -0.15) is 13.2 Å². The van der Waals surface area contributed by atoms with Gasteiger partial charge in [0.05, 0.1) is 17.9 Å². The van der Waals surface area contributed by atoms with Crippen molar-refractivity contribution in [1.29, 1.82) is 0 Å². The molecule has 154 valence electrons. The standard InChI is InChI=1S/C17H27F3N4O2S/c1-4-21-16(22-10-11-27(25,26)24(5-2)6-3)23-13-14-8-7-9-15(12-14)17(18,19)20/h7-9,12H,4-6,10-11,13H2,1-3H3,(H2,21,22,23). The zero-order chi connectivity index (χ0) is 20.5. The maximum absolute atomic E-state index is 12.8. The minimum atomic E-state index is -4.40. The number of nitrogens with one attached hydrogen (secondary N) is 2. The summed E-state index contributed by atoms with van der Waals surface area (Å²) in [7, 11) is -3.36. The van der Waals surface area contributed by atoms with Crippen molar-refractivity contribution < 1.29 is 21.6 Å². The Morgan fingerprint density at radius 3 is 2.37 bits per heavy atom. The van der Waals surface area contributed by atoms with Gasteiger partial charge in [-0.1, -0.05) is 26.0 Å². The summed E-state index contributed by atoms with van der Waals surface area (Å²) in [6.07, 6.45) is -4.40. The second-order valence-corrected chi connectivity index (χ2v) is 7.81. The summed E-state index contributed by atoms with van der Waals surface area (Å²) in [5.41, 5.74) is -0.309. The summed E-state index contributed by atoms with van der Waals surface area (Å²) in [6, 6.07) is 4.96. The van der Waals surface area contributed by atoms with E-state index in [0.717, 1.165) is 12.1 Å². The molecule has 0 heterocycles. The average Bonchev–Trinajstić information content (AvgIpc) is 2.60. The second-order valence-electron chi connectivity index (χ2n) is 5.72. The molecule has 10 heteroatoms. The highest BCUT2D eigenvalue weighted by molar-refractivity contribution is 7.89. The first-order valence-corrected chi connectivity index (χ1v) is 10.4. The summed E-state index contributed by atoms with van der Waals surface area (Å²) >= 11 is 0. The fraction of sp³-hybridized carbons (Fsp3) is 0.588. The van der Waals surface area contributed by atoms with E-state index in [1.807, 2.05) is 6.92 Å². The third-order valence-electron chi connectivity index (χ3n) is 3.77. The van der Waals surface area contributed by atoms with E-state index < -0.39 is 21.8 Å². The van der Waals surface area contributed by atoms with Crippen molar-refractivity contribution in [2.24, 2.45) is 4.99 Å². The number of rotatable bonds is 9. The van der Waals surface area contributed by atoms with E-state index in [1.54, 1.807) is 19.9 Å². The number of guanidine groups is 1. The Labute approximate surface area is 158 Å². The van der Waals surface area contributed by atoms with Crippen LogP contribution in [0.3, 0.4) is 0 Å². The van der Waals surface area contributed by atoms with E-state index in [-0.39, 0.29) is 18.8 Å². The first-order valence-electron chi connectivity index (χ1n) is 8.80. The first-order chi connectivity index (χ1) is 12.6. The smallest absolute Gasteiger partial charge is 0.357 e. The monoisotopic (exact) mass is 408 g/mol. The molecule has 0 aromatic heterocycles. The molecule has 1 aromatic carbocycles. The van der Waals surface area contributed by atoms with E-state index >= 15 is 0 Å². The molecule has 0 saturated heterocycles. The van der Waals surface area contributed by atoms with Gasteiger partial charge in [0.2, 0.25) is 10.0 Å². The van der Waals surface area contributed by atoms with Gasteiger partial charge in [0, 0.05) is 26.2 Å². The van der Waals surface area contributed by atoms with Crippen LogP contribution in [0.1, 0.15) is 31.9 Å². The normalized spacial score (nSPS) is 13.1. The molecule has 2 N–H and O–H groups in total. The number of nitrogens with zero attached hydrogens (tertiary/aromatic N) is 2. The Morgan fingerprint density at radius 1 is 1.15 bits per heavy atom. The molecule has 27 heavy (non-hydrogen) atoms. The highest BCUT2D eigenvalue weighted by Crippen LogP contribution is 2.29. The lowest BCUT2D eigenvalue weighted by atomic mass is 10.1. The maximum atomic E-state index is 12.8. The molecule has 0 radical (unpaired) electrons. The highest BCUT2D eigenvalue weighted by atomic mass is 32.2. The zero-order valence-electron chi connectivity index (χ0n) is 15.8. The lowest BCUT2D eigenvalue weighted by Crippen LogP contribution is -2.42. The molecule has 0 unspecified atom stereocenters. The minimum Gasteiger partial charge on any atom is -0.357 e. The van der Waals surface area contributed by atoms with E-state index in [2.05, 4.69) is 15.6 Å². The van der Waals surface area contributed by atoms with Gasteiger partial charge < -0.3 is 10.6 Å². The van der Waals surface area contributed by atoms with Crippen LogP contribution in [0.5, 0.6) is 0 Å². The topological polar surface area (TPSA) is 73.8 Å². The fourth-order valence-corrected chi connectivity index (χ4v) is 3.81. The number of hydrogen-bond donors (Lipinski definition) is 2. The molecule has 0 saturated carbocycles. The molecule has 0 spiro atoms. The maximum Gasteiger partial charge on any atom is 0.416 e. The Kier molecular flexibility index (Phi) is 9.04. The van der Waals surface area contributed by atoms with E-state index in [0.29, 0.717) is 31.2 Å². The van der Waals surface area contributed by atoms with Crippen LogP contribution in [0.25, 0.3) is 0 Å². The van der Waals surface area contributed by atoms with Crippen LogP contribution in [-0.4, -0.2) is 50.6 Å². The summed E-state index contributed by atoms with van der Waals surface area (Å²) in [5, 5.41) is 5.86. The number of hydrogen-bond acceptors (Lipinski definition) is 3. The predicted molar refractivity (Wildman–Crippen MR) is 101 cm³/mol. The van der Waals surface area contributed by atoms with Crippen LogP contribution in [0.4, 0.5) is 13.2 Å². The molecule has 0 atom stereocenters. The highest BCUT2D eigenvalue weighted by Gasteiger charge is 2.30. The summed E-state index contributed by atoms with van der Waals surface area (Å²) < 4.78 is 64.0. The quantitative estimate of drug-likeness (QED) is 0.486. The first kappa shape index (κ1) is 23.2. The molecule has 0 bridgehead atoms. The molecule has 0 amide bonds. The number of aliphatic imine (C=N–C) groups is 1. The Bertz CT molecular complexity index is 717. The third-order valence-corrected chi connectivity index (χ3v) is 5.79. The summed E-state index contributed by atoms with van der Waals surface area (Å²) in [6.45, 7) is 6.93. The van der Waals surface area contributed by atoms with Crippen molar-refractivity contribution in [3.63, 3.8) is 0 Å². The summed E-state index contributed by atoms with van der Waals surface area (Å²) in [4.78, 5) is 4.23. The molecular formula is C17H27F3N4O2S. The lowest BCUT2D eigenvalue weighted by molar-refractivity contribution is -0.137. The number of halogens is 3. The number of sulfonamides is 1. The van der Waals surface area contributed by atoms with Gasteiger partial charge in [-0.25, -0.2) is 17.7 Å².